The normalized spacial score (nSPS) is 21.2. The fraction of sp³-hybridized carbons (Fsp3) is 0.360. The SMILES string of the molecule is O=C(Nc1ncc([C@H](c2ccc(Cl)cc2F)N2CC[C@H](O)C2)s1)C1(c2ccc3c(c2)OCO3)CC1. The number of halogens is 2. The van der Waals surface area contributed by atoms with Gasteiger partial charge in [0.2, 0.25) is 12.7 Å². The molecule has 1 amide bonds. The van der Waals surface area contributed by atoms with Crippen LogP contribution >= 0.6 is 22.9 Å². The maximum atomic E-state index is 14.9. The van der Waals surface area contributed by atoms with Gasteiger partial charge in [-0.25, -0.2) is 9.37 Å². The van der Waals surface area contributed by atoms with E-state index in [1.807, 2.05) is 23.1 Å². The van der Waals surface area contributed by atoms with E-state index in [0.717, 1.165) is 23.3 Å². The number of rotatable bonds is 6. The third-order valence-electron chi connectivity index (χ3n) is 6.94. The Balaban J connectivity index is 1.25. The van der Waals surface area contributed by atoms with E-state index in [1.54, 1.807) is 18.3 Å². The van der Waals surface area contributed by atoms with E-state index < -0.39 is 23.4 Å². The highest BCUT2D eigenvalue weighted by Crippen LogP contribution is 2.51. The van der Waals surface area contributed by atoms with Crippen molar-refractivity contribution in [3.63, 3.8) is 0 Å². The first-order valence-electron chi connectivity index (χ1n) is 11.5. The van der Waals surface area contributed by atoms with Crippen LogP contribution in [0.15, 0.2) is 42.6 Å². The second kappa shape index (κ2) is 8.74. The maximum Gasteiger partial charge on any atom is 0.236 e. The topological polar surface area (TPSA) is 83.9 Å². The Morgan fingerprint density at radius 1 is 1.26 bits per heavy atom. The van der Waals surface area contributed by atoms with Crippen LogP contribution in [0.3, 0.4) is 0 Å². The van der Waals surface area contributed by atoms with Gasteiger partial charge in [0.25, 0.3) is 0 Å². The highest BCUT2D eigenvalue weighted by atomic mass is 35.5. The molecule has 182 valence electrons. The summed E-state index contributed by atoms with van der Waals surface area (Å²) in [7, 11) is 0. The predicted octanol–water partition coefficient (Wildman–Crippen LogP) is 4.49. The number of likely N-dealkylation sites (tertiary alicyclic amines) is 1. The lowest BCUT2D eigenvalue weighted by molar-refractivity contribution is -0.118. The van der Waals surface area contributed by atoms with Gasteiger partial charge >= 0.3 is 0 Å². The molecule has 3 heterocycles. The minimum absolute atomic E-state index is 0.122. The summed E-state index contributed by atoms with van der Waals surface area (Å²) in [5.74, 6) is 0.798. The molecule has 0 bridgehead atoms. The van der Waals surface area contributed by atoms with Crippen molar-refractivity contribution in [3.8, 4) is 11.5 Å². The average molecular weight is 516 g/mol. The third kappa shape index (κ3) is 4.16. The summed E-state index contributed by atoms with van der Waals surface area (Å²) < 4.78 is 25.8. The molecule has 6 rings (SSSR count). The second-order valence-electron chi connectivity index (χ2n) is 9.18. The molecule has 0 unspecified atom stereocenters. The van der Waals surface area contributed by atoms with Gasteiger partial charge in [-0.15, -0.1) is 0 Å². The molecule has 1 aromatic heterocycles. The van der Waals surface area contributed by atoms with Crippen molar-refractivity contribution in [2.45, 2.75) is 36.8 Å². The number of aromatic nitrogens is 1. The largest absolute Gasteiger partial charge is 0.454 e. The van der Waals surface area contributed by atoms with Gasteiger partial charge in [-0.3, -0.25) is 9.69 Å². The average Bonchev–Trinajstić information content (AvgIpc) is 3.12. The molecule has 1 saturated heterocycles. The number of thiazole rings is 1. The molecule has 7 nitrogen and oxygen atoms in total. The monoisotopic (exact) mass is 515 g/mol. The van der Waals surface area contributed by atoms with Gasteiger partial charge in [0.05, 0.1) is 17.6 Å². The summed E-state index contributed by atoms with van der Waals surface area (Å²) in [6.45, 7) is 1.24. The standard InChI is InChI=1S/C25H23ClFN3O4S/c26-15-2-3-17(18(27)10-15)22(30-8-5-16(31)12-30)21-11-28-24(35-21)29-23(32)25(6-7-25)14-1-4-19-20(9-14)34-13-33-19/h1-4,9-11,16,22,31H,5-8,12-13H2,(H,28,29,32)/t16-,22-/m0/s1. The molecule has 2 aromatic carbocycles. The van der Waals surface area contributed by atoms with Gasteiger partial charge in [-0.05, 0) is 49.1 Å². The van der Waals surface area contributed by atoms with Crippen molar-refractivity contribution in [2.24, 2.45) is 0 Å². The fourth-order valence-corrected chi connectivity index (χ4v) is 6.03. The fourth-order valence-electron chi connectivity index (χ4n) is 4.91. The molecule has 3 aliphatic rings. The van der Waals surface area contributed by atoms with Gasteiger partial charge in [0.1, 0.15) is 5.82 Å². The van der Waals surface area contributed by atoms with Crippen LogP contribution in [0.5, 0.6) is 11.5 Å². The van der Waals surface area contributed by atoms with Gasteiger partial charge in [0, 0.05) is 34.7 Å². The van der Waals surface area contributed by atoms with Crippen LogP contribution in [0.4, 0.5) is 9.52 Å². The van der Waals surface area contributed by atoms with Crippen molar-refractivity contribution in [3.05, 3.63) is 69.4 Å². The Kier molecular flexibility index (Phi) is 5.68. The van der Waals surface area contributed by atoms with E-state index in [1.165, 1.54) is 17.4 Å². The molecular formula is C25H23ClFN3O4S. The number of β-amino-alcohol motifs (C(OH)–C–C–N with tert-alkyl or cyclic N) is 1. The Hall–Kier alpha value is -2.72. The van der Waals surface area contributed by atoms with E-state index in [0.29, 0.717) is 46.7 Å². The van der Waals surface area contributed by atoms with E-state index in [-0.39, 0.29) is 12.7 Å². The van der Waals surface area contributed by atoms with Crippen molar-refractivity contribution in [1.82, 2.24) is 9.88 Å². The highest BCUT2D eigenvalue weighted by molar-refractivity contribution is 7.15. The van der Waals surface area contributed by atoms with Crippen LogP contribution in [-0.2, 0) is 10.2 Å². The van der Waals surface area contributed by atoms with Gasteiger partial charge < -0.3 is 19.9 Å². The van der Waals surface area contributed by atoms with Gasteiger partial charge in [-0.2, -0.15) is 0 Å². The number of aliphatic hydroxyl groups excluding tert-OH is 1. The van der Waals surface area contributed by atoms with Crippen molar-refractivity contribution in [2.75, 3.05) is 25.2 Å². The molecular weight excluding hydrogens is 493 g/mol. The minimum atomic E-state index is -0.617. The molecule has 2 atom stereocenters. The zero-order chi connectivity index (χ0) is 24.2. The maximum absolute atomic E-state index is 14.9. The van der Waals surface area contributed by atoms with Gasteiger partial charge in [-0.1, -0.05) is 35.1 Å². The number of fused-ring (bicyclic) bond motifs is 1. The number of carbonyl (C=O) groups is 1. The molecule has 3 aromatic rings. The number of anilines is 1. The van der Waals surface area contributed by atoms with Gasteiger partial charge in [0.15, 0.2) is 16.6 Å². The number of hydrogen-bond acceptors (Lipinski definition) is 7. The number of carbonyl (C=O) groups excluding carboxylic acids is 1. The molecule has 1 aliphatic carbocycles. The lowest BCUT2D eigenvalue weighted by Gasteiger charge is -2.27. The number of nitrogens with zero attached hydrogens (tertiary/aromatic N) is 2. The molecule has 2 fully saturated rings. The summed E-state index contributed by atoms with van der Waals surface area (Å²) in [6, 6.07) is 9.81. The Morgan fingerprint density at radius 3 is 2.83 bits per heavy atom. The molecule has 35 heavy (non-hydrogen) atoms. The number of nitrogens with one attached hydrogen (secondary N) is 1. The molecule has 0 radical (unpaired) electrons. The summed E-state index contributed by atoms with van der Waals surface area (Å²) >= 11 is 7.29. The summed E-state index contributed by atoms with van der Waals surface area (Å²) in [4.78, 5) is 20.6. The molecule has 1 saturated carbocycles. The zero-order valence-corrected chi connectivity index (χ0v) is 20.2. The highest BCUT2D eigenvalue weighted by Gasteiger charge is 2.52. The van der Waals surface area contributed by atoms with E-state index in [9.17, 15) is 14.3 Å². The quantitative estimate of drug-likeness (QED) is 0.503. The molecule has 0 spiro atoms. The van der Waals surface area contributed by atoms with Crippen molar-refractivity contribution >= 4 is 34.0 Å². The van der Waals surface area contributed by atoms with Crippen molar-refractivity contribution < 1.29 is 23.8 Å². The van der Waals surface area contributed by atoms with Crippen LogP contribution < -0.4 is 14.8 Å². The lowest BCUT2D eigenvalue weighted by atomic mass is 9.94. The van der Waals surface area contributed by atoms with Crippen LogP contribution in [0.2, 0.25) is 5.02 Å². The van der Waals surface area contributed by atoms with E-state index >= 15 is 0 Å². The molecule has 10 heteroatoms. The number of hydrogen-bond donors (Lipinski definition) is 2. The van der Waals surface area contributed by atoms with Crippen molar-refractivity contribution in [1.29, 1.82) is 0 Å². The second-order valence-corrected chi connectivity index (χ2v) is 10.7. The number of ether oxygens (including phenoxy) is 2. The number of aliphatic hydroxyl groups is 1. The Morgan fingerprint density at radius 2 is 2.09 bits per heavy atom. The Labute approximate surface area is 210 Å². The third-order valence-corrected chi connectivity index (χ3v) is 8.14. The van der Waals surface area contributed by atoms with E-state index in [4.69, 9.17) is 21.1 Å². The number of amides is 1. The first-order valence-corrected chi connectivity index (χ1v) is 12.7. The van der Waals surface area contributed by atoms with Crippen LogP contribution in [0.25, 0.3) is 0 Å². The van der Waals surface area contributed by atoms with Crippen LogP contribution in [0, 0.1) is 5.82 Å². The first kappa shape index (κ1) is 22.7. The smallest absolute Gasteiger partial charge is 0.236 e. The molecule has 2 N–H and O–H groups in total. The summed E-state index contributed by atoms with van der Waals surface area (Å²) in [5, 5.41) is 13.9. The summed E-state index contributed by atoms with van der Waals surface area (Å²) in [6.07, 6.45) is 3.30. The number of benzene rings is 2. The van der Waals surface area contributed by atoms with Crippen LogP contribution in [0.1, 0.15) is 41.3 Å². The molecule has 2 aliphatic heterocycles. The van der Waals surface area contributed by atoms with Crippen LogP contribution in [-0.4, -0.2) is 46.9 Å². The Bertz CT molecular complexity index is 1300. The summed E-state index contributed by atoms with van der Waals surface area (Å²) in [5.41, 5.74) is 0.736. The predicted molar refractivity (Wildman–Crippen MR) is 130 cm³/mol. The lowest BCUT2D eigenvalue weighted by Crippen LogP contribution is -2.28. The zero-order valence-electron chi connectivity index (χ0n) is 18.7. The first-order chi connectivity index (χ1) is 16.9. The van der Waals surface area contributed by atoms with E-state index in [2.05, 4.69) is 10.3 Å². The minimum Gasteiger partial charge on any atom is -0.454 e.